The summed E-state index contributed by atoms with van der Waals surface area (Å²) in [5.41, 5.74) is 3.16. The third-order valence-corrected chi connectivity index (χ3v) is 4.16. The molecule has 1 N–H and O–H groups in total. The molecule has 1 aromatic rings. The summed E-state index contributed by atoms with van der Waals surface area (Å²) in [7, 11) is 0. The lowest BCUT2D eigenvalue weighted by molar-refractivity contribution is 0.400. The van der Waals surface area contributed by atoms with Crippen molar-refractivity contribution in [1.29, 1.82) is 5.26 Å². The summed E-state index contributed by atoms with van der Waals surface area (Å²) < 4.78 is 0.589. The van der Waals surface area contributed by atoms with E-state index in [9.17, 15) is 0 Å². The van der Waals surface area contributed by atoms with Gasteiger partial charge in [0.1, 0.15) is 10.7 Å². The van der Waals surface area contributed by atoms with Crippen molar-refractivity contribution in [2.45, 2.75) is 45.4 Å². The summed E-state index contributed by atoms with van der Waals surface area (Å²) in [6.07, 6.45) is 2.41. The number of nitriles is 1. The minimum Gasteiger partial charge on any atom is -0.348 e. The Morgan fingerprint density at radius 2 is 2.18 bits per heavy atom. The molecule has 0 saturated carbocycles. The molecular weight excluding hydrogens is 228 g/mol. The normalized spacial score (nSPS) is 23.2. The highest BCUT2D eigenvalue weighted by Crippen LogP contribution is 2.41. The van der Waals surface area contributed by atoms with Gasteiger partial charge in [-0.15, -0.1) is 0 Å². The number of nitrogens with one attached hydrogen (secondary N) is 1. The highest BCUT2D eigenvalue weighted by Gasteiger charge is 2.28. The molecule has 0 fully saturated rings. The second-order valence-electron chi connectivity index (χ2n) is 5.32. The van der Waals surface area contributed by atoms with Crippen molar-refractivity contribution in [1.82, 2.24) is 4.98 Å². The molecule has 0 aromatic carbocycles. The van der Waals surface area contributed by atoms with Gasteiger partial charge in [0, 0.05) is 11.6 Å². The van der Waals surface area contributed by atoms with Gasteiger partial charge in [0.05, 0.1) is 5.56 Å². The molecule has 1 aliphatic rings. The fourth-order valence-electron chi connectivity index (χ4n) is 2.75. The standard InChI is InChI=1S/C14H18N2S/c1-8(2)11-5-4-9(3)12-6-10(7-15)14(17)16-13(11)12/h6,8-9,11H,4-5H2,1-3H3,(H,16,17)/t9-,11-/m1/s1. The molecule has 0 amide bonds. The molecule has 1 aliphatic carbocycles. The SMILES string of the molecule is CC(C)[C@H]1CC[C@@H](C)c2cc(C#N)c(=S)[nH]c21. The molecule has 1 heterocycles. The Bertz CT molecular complexity index is 522. The molecule has 0 radical (unpaired) electrons. The first-order valence-corrected chi connectivity index (χ1v) is 6.62. The quantitative estimate of drug-likeness (QED) is 0.752. The number of hydrogen-bond donors (Lipinski definition) is 1. The van der Waals surface area contributed by atoms with Crippen LogP contribution in [0.4, 0.5) is 0 Å². The summed E-state index contributed by atoms with van der Waals surface area (Å²) in [5.74, 6) is 1.69. The van der Waals surface area contributed by atoms with Crippen LogP contribution in [0.3, 0.4) is 0 Å². The predicted octanol–water partition coefficient (Wildman–Crippen LogP) is 4.25. The zero-order valence-corrected chi connectivity index (χ0v) is 11.4. The van der Waals surface area contributed by atoms with E-state index in [1.807, 2.05) is 6.07 Å². The zero-order chi connectivity index (χ0) is 12.6. The maximum absolute atomic E-state index is 9.04. The Hall–Kier alpha value is -1.14. The van der Waals surface area contributed by atoms with Gasteiger partial charge in [-0.25, -0.2) is 0 Å². The fraction of sp³-hybridized carbons (Fsp3) is 0.571. The summed E-state index contributed by atoms with van der Waals surface area (Å²) in [6, 6.07) is 4.17. The van der Waals surface area contributed by atoms with Gasteiger partial charge < -0.3 is 4.98 Å². The Kier molecular flexibility index (Phi) is 3.35. The van der Waals surface area contributed by atoms with Crippen LogP contribution in [0.2, 0.25) is 0 Å². The number of aromatic amines is 1. The van der Waals surface area contributed by atoms with Crippen LogP contribution in [0, 0.1) is 21.9 Å². The topological polar surface area (TPSA) is 39.6 Å². The minimum absolute atomic E-state index is 0.527. The average molecular weight is 246 g/mol. The van der Waals surface area contributed by atoms with Gasteiger partial charge in [-0.2, -0.15) is 5.26 Å². The third kappa shape index (κ3) is 2.14. The lowest BCUT2D eigenvalue weighted by Crippen LogP contribution is -2.19. The summed E-state index contributed by atoms with van der Waals surface area (Å²) in [5, 5.41) is 9.04. The molecule has 0 saturated heterocycles. The minimum atomic E-state index is 0.527. The second-order valence-corrected chi connectivity index (χ2v) is 5.73. The third-order valence-electron chi connectivity index (χ3n) is 3.84. The number of nitrogens with zero attached hydrogens (tertiary/aromatic N) is 1. The Balaban J connectivity index is 2.61. The zero-order valence-electron chi connectivity index (χ0n) is 10.6. The highest BCUT2D eigenvalue weighted by atomic mass is 32.1. The van der Waals surface area contributed by atoms with Gasteiger partial charge in [-0.3, -0.25) is 0 Å². The van der Waals surface area contributed by atoms with Gasteiger partial charge in [-0.05, 0) is 36.3 Å². The van der Waals surface area contributed by atoms with E-state index in [1.165, 1.54) is 24.1 Å². The van der Waals surface area contributed by atoms with Crippen molar-refractivity contribution in [3.05, 3.63) is 27.5 Å². The Morgan fingerprint density at radius 1 is 1.47 bits per heavy atom. The Labute approximate surface area is 108 Å². The van der Waals surface area contributed by atoms with Gasteiger partial charge in [0.25, 0.3) is 0 Å². The first-order valence-electron chi connectivity index (χ1n) is 6.21. The second kappa shape index (κ2) is 4.62. The van der Waals surface area contributed by atoms with Crippen molar-refractivity contribution in [2.75, 3.05) is 0 Å². The van der Waals surface area contributed by atoms with E-state index in [-0.39, 0.29) is 0 Å². The van der Waals surface area contributed by atoms with Gasteiger partial charge in [0.2, 0.25) is 0 Å². The van der Waals surface area contributed by atoms with E-state index < -0.39 is 0 Å². The van der Waals surface area contributed by atoms with Crippen LogP contribution in [0.5, 0.6) is 0 Å². The van der Waals surface area contributed by atoms with Crippen LogP contribution < -0.4 is 0 Å². The number of fused-ring (bicyclic) bond motifs is 1. The van der Waals surface area contributed by atoms with E-state index in [1.54, 1.807) is 0 Å². The Morgan fingerprint density at radius 3 is 2.76 bits per heavy atom. The maximum Gasteiger partial charge on any atom is 0.121 e. The number of hydrogen-bond acceptors (Lipinski definition) is 2. The smallest absolute Gasteiger partial charge is 0.121 e. The van der Waals surface area contributed by atoms with E-state index in [0.717, 1.165) is 0 Å². The van der Waals surface area contributed by atoms with Crippen molar-refractivity contribution in [3.8, 4) is 6.07 Å². The number of aromatic nitrogens is 1. The fourth-order valence-corrected chi connectivity index (χ4v) is 2.97. The molecule has 2 rings (SSSR count). The number of H-pyrrole nitrogens is 1. The van der Waals surface area contributed by atoms with E-state index in [0.29, 0.717) is 28.0 Å². The molecule has 0 spiro atoms. The lowest BCUT2D eigenvalue weighted by atomic mass is 9.75. The van der Waals surface area contributed by atoms with Crippen molar-refractivity contribution < 1.29 is 0 Å². The van der Waals surface area contributed by atoms with Crippen molar-refractivity contribution in [2.24, 2.45) is 5.92 Å². The molecule has 2 atom stereocenters. The average Bonchev–Trinajstić information content (AvgIpc) is 2.28. The summed E-state index contributed by atoms with van der Waals surface area (Å²) in [4.78, 5) is 3.30. The molecule has 0 aliphatic heterocycles. The van der Waals surface area contributed by atoms with Crippen LogP contribution in [0.15, 0.2) is 6.07 Å². The van der Waals surface area contributed by atoms with Crippen LogP contribution in [-0.4, -0.2) is 4.98 Å². The van der Waals surface area contributed by atoms with Crippen LogP contribution in [0.25, 0.3) is 0 Å². The summed E-state index contributed by atoms with van der Waals surface area (Å²) in [6.45, 7) is 6.73. The molecule has 17 heavy (non-hydrogen) atoms. The van der Waals surface area contributed by atoms with E-state index >= 15 is 0 Å². The molecule has 0 bridgehead atoms. The highest BCUT2D eigenvalue weighted by molar-refractivity contribution is 7.71. The van der Waals surface area contributed by atoms with Gasteiger partial charge in [-0.1, -0.05) is 33.0 Å². The lowest BCUT2D eigenvalue weighted by Gasteiger charge is -2.32. The molecule has 2 nitrogen and oxygen atoms in total. The van der Waals surface area contributed by atoms with Crippen LogP contribution in [-0.2, 0) is 0 Å². The molecule has 1 aromatic heterocycles. The van der Waals surface area contributed by atoms with Crippen LogP contribution in [0.1, 0.15) is 62.3 Å². The number of rotatable bonds is 1. The van der Waals surface area contributed by atoms with E-state index in [4.69, 9.17) is 17.5 Å². The molecule has 0 unspecified atom stereocenters. The molecule has 90 valence electrons. The predicted molar refractivity (Wildman–Crippen MR) is 71.6 cm³/mol. The summed E-state index contributed by atoms with van der Waals surface area (Å²) >= 11 is 5.24. The van der Waals surface area contributed by atoms with E-state index in [2.05, 4.69) is 31.8 Å². The van der Waals surface area contributed by atoms with Crippen LogP contribution >= 0.6 is 12.2 Å². The number of pyridine rings is 1. The molecular formula is C14H18N2S. The first kappa shape index (κ1) is 12.3. The van der Waals surface area contributed by atoms with Gasteiger partial charge >= 0.3 is 0 Å². The van der Waals surface area contributed by atoms with Gasteiger partial charge in [0.15, 0.2) is 0 Å². The monoisotopic (exact) mass is 246 g/mol. The molecule has 3 heteroatoms. The largest absolute Gasteiger partial charge is 0.348 e. The van der Waals surface area contributed by atoms with Crippen molar-refractivity contribution >= 4 is 12.2 Å². The first-order chi connectivity index (χ1) is 8.04. The maximum atomic E-state index is 9.04. The van der Waals surface area contributed by atoms with Crippen molar-refractivity contribution in [3.63, 3.8) is 0 Å².